The number of aryl methyl sites for hydroxylation is 1. The molecule has 0 spiro atoms. The number of benzene rings is 1. The molecule has 1 nitrogen and oxygen atoms in total. The number of allylic oxidation sites excluding steroid dienone is 1. The molecule has 1 aromatic carbocycles. The monoisotopic (exact) mass is 194 g/mol. The molecule has 0 bridgehead atoms. The zero-order valence-electron chi connectivity index (χ0n) is 7.24. The summed E-state index contributed by atoms with van der Waals surface area (Å²) >= 11 is 5.28. The highest BCUT2D eigenvalue weighted by molar-refractivity contribution is 6.26. The minimum atomic E-state index is 0.0684. The van der Waals surface area contributed by atoms with Gasteiger partial charge in [0.1, 0.15) is 0 Å². The van der Waals surface area contributed by atoms with Crippen LogP contribution in [0.5, 0.6) is 0 Å². The molecule has 0 atom stereocenters. The number of hydrogen-bond acceptors (Lipinski definition) is 1. The van der Waals surface area contributed by atoms with E-state index in [-0.39, 0.29) is 5.78 Å². The smallest absolute Gasteiger partial charge is 0.156 e. The molecule has 1 rings (SSSR count). The maximum absolute atomic E-state index is 11.0. The second-order valence-electron chi connectivity index (χ2n) is 2.74. The molecule has 1 aromatic rings. The first-order valence-corrected chi connectivity index (χ1v) is 4.60. The van der Waals surface area contributed by atoms with Crippen LogP contribution in [0.25, 0.3) is 0 Å². The summed E-state index contributed by atoms with van der Waals surface area (Å²) in [5.74, 6) is 0.0684. The topological polar surface area (TPSA) is 17.1 Å². The Morgan fingerprint density at radius 1 is 1.31 bits per heavy atom. The number of rotatable bonds is 4. The van der Waals surface area contributed by atoms with Gasteiger partial charge in [-0.15, -0.1) is 0 Å². The average molecular weight is 195 g/mol. The quantitative estimate of drug-likeness (QED) is 0.674. The molecule has 0 aromatic heterocycles. The molecule has 0 aliphatic carbocycles. The zero-order valence-corrected chi connectivity index (χ0v) is 8.00. The molecule has 0 radical (unpaired) electrons. The highest BCUT2D eigenvalue weighted by atomic mass is 35.5. The Hall–Kier alpha value is -1.08. The van der Waals surface area contributed by atoms with Crippen LogP contribution in [-0.4, -0.2) is 5.78 Å². The van der Waals surface area contributed by atoms with E-state index >= 15 is 0 Å². The molecule has 2 heteroatoms. The largest absolute Gasteiger partial charge is 0.295 e. The van der Waals surface area contributed by atoms with Crippen LogP contribution in [0.1, 0.15) is 12.0 Å². The minimum Gasteiger partial charge on any atom is -0.295 e. The van der Waals surface area contributed by atoms with Crippen LogP contribution >= 0.6 is 11.6 Å². The van der Waals surface area contributed by atoms with Crippen molar-refractivity contribution in [3.05, 3.63) is 47.5 Å². The molecule has 0 amide bonds. The summed E-state index contributed by atoms with van der Waals surface area (Å²) in [6.45, 7) is 0. The fraction of sp³-hybridized carbons (Fsp3) is 0.182. The van der Waals surface area contributed by atoms with Gasteiger partial charge in [-0.1, -0.05) is 41.9 Å². The molecular weight excluding hydrogens is 184 g/mol. The maximum Gasteiger partial charge on any atom is 0.156 e. The van der Waals surface area contributed by atoms with Crippen molar-refractivity contribution in [2.45, 2.75) is 12.8 Å². The van der Waals surface area contributed by atoms with Gasteiger partial charge < -0.3 is 0 Å². The summed E-state index contributed by atoms with van der Waals surface area (Å²) in [7, 11) is 0. The third-order valence-corrected chi connectivity index (χ3v) is 1.88. The van der Waals surface area contributed by atoms with Crippen molar-refractivity contribution >= 4 is 17.4 Å². The van der Waals surface area contributed by atoms with Crippen molar-refractivity contribution in [3.8, 4) is 0 Å². The molecule has 68 valence electrons. The lowest BCUT2D eigenvalue weighted by atomic mass is 10.1. The third kappa shape index (κ3) is 3.90. The first-order valence-electron chi connectivity index (χ1n) is 4.16. The Balaban J connectivity index is 2.40. The van der Waals surface area contributed by atoms with E-state index in [1.807, 2.05) is 30.3 Å². The highest BCUT2D eigenvalue weighted by Gasteiger charge is 1.97. The van der Waals surface area contributed by atoms with Gasteiger partial charge in [0.25, 0.3) is 0 Å². The van der Waals surface area contributed by atoms with Gasteiger partial charge in [-0.3, -0.25) is 4.79 Å². The van der Waals surface area contributed by atoms with Crippen LogP contribution in [-0.2, 0) is 11.2 Å². The van der Waals surface area contributed by atoms with Gasteiger partial charge in [-0.2, -0.15) is 0 Å². The molecule has 0 unspecified atom stereocenters. The molecular formula is C11H11ClO. The molecule has 0 heterocycles. The van der Waals surface area contributed by atoms with Crippen molar-refractivity contribution < 1.29 is 4.79 Å². The van der Waals surface area contributed by atoms with Crippen LogP contribution in [0, 0.1) is 0 Å². The number of carbonyl (C=O) groups is 1. The Labute approximate surface area is 83.0 Å². The first kappa shape index (κ1) is 10.0. The fourth-order valence-electron chi connectivity index (χ4n) is 1.07. The molecule has 0 saturated carbocycles. The lowest BCUT2D eigenvalue weighted by molar-refractivity contribution is -0.114. The second-order valence-corrected chi connectivity index (χ2v) is 3.00. The van der Waals surface area contributed by atoms with E-state index in [2.05, 4.69) is 0 Å². The Kier molecular flexibility index (Phi) is 4.27. The fourth-order valence-corrected chi connectivity index (χ4v) is 1.21. The SMILES string of the molecule is O=C(C=CCl)CCc1ccccc1. The van der Waals surface area contributed by atoms with Gasteiger partial charge in [-0.25, -0.2) is 0 Å². The summed E-state index contributed by atoms with van der Waals surface area (Å²) in [6.07, 6.45) is 2.69. The molecule has 13 heavy (non-hydrogen) atoms. The van der Waals surface area contributed by atoms with Crippen molar-refractivity contribution in [2.24, 2.45) is 0 Å². The second kappa shape index (κ2) is 5.55. The van der Waals surface area contributed by atoms with Crippen LogP contribution in [0.3, 0.4) is 0 Å². The van der Waals surface area contributed by atoms with E-state index in [0.29, 0.717) is 6.42 Å². The third-order valence-electron chi connectivity index (χ3n) is 1.75. The number of ketones is 1. The lowest BCUT2D eigenvalue weighted by Crippen LogP contribution is -1.95. The molecule has 0 N–H and O–H groups in total. The zero-order chi connectivity index (χ0) is 9.52. The van der Waals surface area contributed by atoms with Crippen LogP contribution in [0.4, 0.5) is 0 Å². The van der Waals surface area contributed by atoms with Crippen molar-refractivity contribution in [1.29, 1.82) is 0 Å². The standard InChI is InChI=1S/C11H11ClO/c12-9-8-11(13)7-6-10-4-2-1-3-5-10/h1-5,8-9H,6-7H2. The van der Waals surface area contributed by atoms with Crippen LogP contribution in [0.15, 0.2) is 41.9 Å². The molecule has 0 fully saturated rings. The average Bonchev–Trinajstić information content (AvgIpc) is 2.17. The van der Waals surface area contributed by atoms with Crippen molar-refractivity contribution in [1.82, 2.24) is 0 Å². The Morgan fingerprint density at radius 3 is 2.62 bits per heavy atom. The van der Waals surface area contributed by atoms with Crippen molar-refractivity contribution in [3.63, 3.8) is 0 Å². The summed E-state index contributed by atoms with van der Waals surface area (Å²) in [5.41, 5.74) is 2.44. The number of halogens is 1. The van der Waals surface area contributed by atoms with E-state index in [1.54, 1.807) is 0 Å². The number of carbonyl (C=O) groups excluding carboxylic acids is 1. The van der Waals surface area contributed by atoms with E-state index in [1.165, 1.54) is 17.2 Å². The van der Waals surface area contributed by atoms with Gasteiger partial charge in [0.15, 0.2) is 5.78 Å². The molecule has 0 aliphatic heterocycles. The van der Waals surface area contributed by atoms with Gasteiger partial charge in [0, 0.05) is 12.0 Å². The van der Waals surface area contributed by atoms with Gasteiger partial charge in [0.2, 0.25) is 0 Å². The van der Waals surface area contributed by atoms with Gasteiger partial charge in [-0.05, 0) is 18.1 Å². The van der Waals surface area contributed by atoms with E-state index in [4.69, 9.17) is 11.6 Å². The molecule has 0 saturated heterocycles. The Bertz CT molecular complexity index is 290. The van der Waals surface area contributed by atoms with Crippen LogP contribution in [0.2, 0.25) is 0 Å². The van der Waals surface area contributed by atoms with Gasteiger partial charge >= 0.3 is 0 Å². The van der Waals surface area contributed by atoms with Gasteiger partial charge in [0.05, 0.1) is 0 Å². The predicted molar refractivity (Wildman–Crippen MR) is 54.8 cm³/mol. The number of hydrogen-bond donors (Lipinski definition) is 0. The summed E-state index contributed by atoms with van der Waals surface area (Å²) in [4.78, 5) is 11.0. The maximum atomic E-state index is 11.0. The van der Waals surface area contributed by atoms with E-state index in [0.717, 1.165) is 6.42 Å². The normalized spacial score (nSPS) is 10.5. The van der Waals surface area contributed by atoms with Crippen molar-refractivity contribution in [2.75, 3.05) is 0 Å². The summed E-state index contributed by atoms with van der Waals surface area (Å²) in [5, 5.41) is 0. The lowest BCUT2D eigenvalue weighted by Gasteiger charge is -1.96. The summed E-state index contributed by atoms with van der Waals surface area (Å²) < 4.78 is 0. The molecule has 0 aliphatic rings. The van der Waals surface area contributed by atoms with E-state index < -0.39 is 0 Å². The minimum absolute atomic E-state index is 0.0684. The van der Waals surface area contributed by atoms with Crippen LogP contribution < -0.4 is 0 Å². The van der Waals surface area contributed by atoms with E-state index in [9.17, 15) is 4.79 Å². The predicted octanol–water partition coefficient (Wildman–Crippen LogP) is 2.94. The summed E-state index contributed by atoms with van der Waals surface area (Å²) in [6, 6.07) is 9.92. The highest BCUT2D eigenvalue weighted by Crippen LogP contribution is 2.03. The Morgan fingerprint density at radius 2 is 2.00 bits per heavy atom. The first-order chi connectivity index (χ1) is 6.33.